The highest BCUT2D eigenvalue weighted by molar-refractivity contribution is 7.98. The molecule has 0 aliphatic carbocycles. The molecule has 128 valence electrons. The maximum absolute atomic E-state index is 10.5. The summed E-state index contributed by atoms with van der Waals surface area (Å²) in [6.07, 6.45) is 0.714. The summed E-state index contributed by atoms with van der Waals surface area (Å²) in [5, 5.41) is 16.8. The molecule has 1 heterocycles. The summed E-state index contributed by atoms with van der Waals surface area (Å²) in [5.74, 6) is 3.27. The first-order chi connectivity index (χ1) is 10.9. The summed E-state index contributed by atoms with van der Waals surface area (Å²) in [4.78, 5) is 22.3. The third-order valence-electron chi connectivity index (χ3n) is 2.69. The van der Waals surface area contributed by atoms with Gasteiger partial charge in [0.1, 0.15) is 11.5 Å². The zero-order valence-corrected chi connectivity index (χ0v) is 14.2. The third-order valence-corrected chi connectivity index (χ3v) is 3.67. The van der Waals surface area contributed by atoms with E-state index in [0.717, 1.165) is 23.1 Å². The van der Waals surface area contributed by atoms with Crippen molar-refractivity contribution in [3.63, 3.8) is 0 Å². The van der Waals surface area contributed by atoms with Crippen LogP contribution in [0.4, 0.5) is 0 Å². The van der Waals surface area contributed by atoms with Crippen LogP contribution in [0.2, 0.25) is 0 Å². The SMILES string of the molecule is CN(C)Cc1ccc(CSCCN/C(=C/[N+](=O)[O-])N(C)N=O)o1. The quantitative estimate of drug-likeness (QED) is 0.281. The highest BCUT2D eigenvalue weighted by Crippen LogP contribution is 2.16. The molecule has 1 N–H and O–H groups in total. The maximum atomic E-state index is 10.5. The molecular weight excluding hydrogens is 322 g/mol. The molecule has 0 saturated carbocycles. The van der Waals surface area contributed by atoms with E-state index >= 15 is 0 Å². The molecule has 1 aromatic heterocycles. The number of furan rings is 1. The van der Waals surface area contributed by atoms with Crippen molar-refractivity contribution in [1.29, 1.82) is 0 Å². The van der Waals surface area contributed by atoms with Crippen LogP contribution in [-0.2, 0) is 12.3 Å². The summed E-state index contributed by atoms with van der Waals surface area (Å²) < 4.78 is 5.68. The molecule has 0 aliphatic rings. The average molecular weight is 343 g/mol. The first kappa shape index (κ1) is 19.0. The maximum Gasteiger partial charge on any atom is 0.276 e. The van der Waals surface area contributed by atoms with Crippen molar-refractivity contribution in [2.24, 2.45) is 5.29 Å². The topological polar surface area (TPSA) is 104 Å². The largest absolute Gasteiger partial charge is 0.464 e. The van der Waals surface area contributed by atoms with Crippen LogP contribution in [0.25, 0.3) is 0 Å². The minimum absolute atomic E-state index is 0.0527. The molecule has 0 radical (unpaired) electrons. The van der Waals surface area contributed by atoms with Gasteiger partial charge in [0.15, 0.2) is 5.82 Å². The van der Waals surface area contributed by atoms with E-state index in [1.807, 2.05) is 31.1 Å². The summed E-state index contributed by atoms with van der Waals surface area (Å²) in [5.41, 5.74) is 0. The Morgan fingerprint density at radius 3 is 2.74 bits per heavy atom. The number of nitrogens with one attached hydrogen (secondary N) is 1. The van der Waals surface area contributed by atoms with Gasteiger partial charge in [0.25, 0.3) is 6.20 Å². The van der Waals surface area contributed by atoms with Crippen molar-refractivity contribution in [3.8, 4) is 0 Å². The number of hydrogen-bond donors (Lipinski definition) is 1. The van der Waals surface area contributed by atoms with E-state index in [0.29, 0.717) is 24.3 Å². The number of nitroso groups, excluding NO2 is 1. The first-order valence-corrected chi connectivity index (χ1v) is 8.04. The van der Waals surface area contributed by atoms with Gasteiger partial charge >= 0.3 is 0 Å². The van der Waals surface area contributed by atoms with E-state index in [2.05, 4.69) is 10.6 Å². The minimum Gasteiger partial charge on any atom is -0.464 e. The predicted molar refractivity (Wildman–Crippen MR) is 88.9 cm³/mol. The number of rotatable bonds is 11. The van der Waals surface area contributed by atoms with E-state index in [9.17, 15) is 15.0 Å². The monoisotopic (exact) mass is 343 g/mol. The lowest BCUT2D eigenvalue weighted by molar-refractivity contribution is -0.404. The normalized spacial score (nSPS) is 11.6. The zero-order valence-electron chi connectivity index (χ0n) is 13.4. The van der Waals surface area contributed by atoms with Gasteiger partial charge in [0.05, 0.1) is 22.5 Å². The second-order valence-corrected chi connectivity index (χ2v) is 6.10. The molecule has 0 fully saturated rings. The number of hydrogen-bond acceptors (Lipinski definition) is 8. The second kappa shape index (κ2) is 9.85. The Kier molecular flexibility index (Phi) is 8.13. The summed E-state index contributed by atoms with van der Waals surface area (Å²) in [6.45, 7) is 1.22. The molecule has 0 amide bonds. The van der Waals surface area contributed by atoms with Gasteiger partial charge in [-0.1, -0.05) is 0 Å². The summed E-state index contributed by atoms with van der Waals surface area (Å²) >= 11 is 1.62. The molecule has 0 spiro atoms. The van der Waals surface area contributed by atoms with Gasteiger partial charge in [-0.15, -0.1) is 4.91 Å². The van der Waals surface area contributed by atoms with Crippen LogP contribution >= 0.6 is 11.8 Å². The predicted octanol–water partition coefficient (Wildman–Crippen LogP) is 1.85. The van der Waals surface area contributed by atoms with E-state index < -0.39 is 4.92 Å². The molecule has 0 aromatic carbocycles. The summed E-state index contributed by atoms with van der Waals surface area (Å²) in [7, 11) is 5.30. The highest BCUT2D eigenvalue weighted by atomic mass is 32.2. The van der Waals surface area contributed by atoms with Gasteiger partial charge in [-0.3, -0.25) is 10.1 Å². The van der Waals surface area contributed by atoms with Crippen LogP contribution in [0.5, 0.6) is 0 Å². The van der Waals surface area contributed by atoms with Crippen LogP contribution in [0.15, 0.2) is 33.9 Å². The van der Waals surface area contributed by atoms with Crippen LogP contribution in [0, 0.1) is 15.0 Å². The Balaban J connectivity index is 2.32. The van der Waals surface area contributed by atoms with E-state index in [4.69, 9.17) is 4.42 Å². The molecule has 1 rings (SSSR count). The van der Waals surface area contributed by atoms with E-state index in [-0.39, 0.29) is 5.82 Å². The average Bonchev–Trinajstić information content (AvgIpc) is 2.91. The summed E-state index contributed by atoms with van der Waals surface area (Å²) in [6, 6.07) is 3.90. The van der Waals surface area contributed by atoms with Crippen LogP contribution in [0.1, 0.15) is 11.5 Å². The van der Waals surface area contributed by atoms with Gasteiger partial charge in [-0.2, -0.15) is 11.8 Å². The molecular formula is C13H21N5O4S. The van der Waals surface area contributed by atoms with Crippen LogP contribution in [0.3, 0.4) is 0 Å². The molecule has 0 unspecified atom stereocenters. The number of nitrogens with zero attached hydrogens (tertiary/aromatic N) is 4. The van der Waals surface area contributed by atoms with Crippen molar-refractivity contribution in [1.82, 2.24) is 15.2 Å². The molecule has 0 atom stereocenters. The van der Waals surface area contributed by atoms with Gasteiger partial charge in [0.2, 0.25) is 0 Å². The molecule has 10 heteroatoms. The van der Waals surface area contributed by atoms with Crippen LogP contribution < -0.4 is 5.32 Å². The van der Waals surface area contributed by atoms with Crippen molar-refractivity contribution in [3.05, 3.63) is 50.7 Å². The van der Waals surface area contributed by atoms with Gasteiger partial charge in [-0.25, -0.2) is 5.01 Å². The van der Waals surface area contributed by atoms with E-state index in [1.54, 1.807) is 11.8 Å². The van der Waals surface area contributed by atoms with Crippen molar-refractivity contribution in [2.75, 3.05) is 33.4 Å². The molecule has 0 bridgehead atoms. The van der Waals surface area contributed by atoms with E-state index in [1.165, 1.54) is 7.05 Å². The van der Waals surface area contributed by atoms with Crippen molar-refractivity contribution < 1.29 is 9.34 Å². The van der Waals surface area contributed by atoms with Gasteiger partial charge < -0.3 is 14.6 Å². The number of nitro groups is 1. The zero-order chi connectivity index (χ0) is 17.2. The third kappa shape index (κ3) is 7.66. The molecule has 9 nitrogen and oxygen atoms in total. The molecule has 1 aromatic rings. The van der Waals surface area contributed by atoms with Crippen molar-refractivity contribution in [2.45, 2.75) is 12.3 Å². The lowest BCUT2D eigenvalue weighted by Crippen LogP contribution is -2.27. The highest BCUT2D eigenvalue weighted by Gasteiger charge is 2.09. The lowest BCUT2D eigenvalue weighted by atomic mass is 10.4. The van der Waals surface area contributed by atoms with Gasteiger partial charge in [0, 0.05) is 19.3 Å². The molecule has 23 heavy (non-hydrogen) atoms. The number of thioether (sulfide) groups is 1. The van der Waals surface area contributed by atoms with Crippen LogP contribution in [-0.4, -0.2) is 48.3 Å². The van der Waals surface area contributed by atoms with Crippen molar-refractivity contribution >= 4 is 11.8 Å². The molecule has 0 saturated heterocycles. The molecule has 0 aliphatic heterocycles. The second-order valence-electron chi connectivity index (χ2n) is 4.99. The fraction of sp³-hybridized carbons (Fsp3) is 0.538. The minimum atomic E-state index is -0.633. The fourth-order valence-electron chi connectivity index (χ4n) is 1.71. The Bertz CT molecular complexity index is 546. The Hall–Kier alpha value is -2.07. The Morgan fingerprint density at radius 2 is 2.13 bits per heavy atom. The smallest absolute Gasteiger partial charge is 0.276 e. The lowest BCUT2D eigenvalue weighted by Gasteiger charge is -2.12. The van der Waals surface area contributed by atoms with Gasteiger partial charge in [-0.05, 0) is 26.2 Å². The Morgan fingerprint density at radius 1 is 1.43 bits per heavy atom. The first-order valence-electron chi connectivity index (χ1n) is 6.88. The standard InChI is InChI=1S/C13H21N5O4S/c1-16(2)8-11-4-5-12(22-11)10-23-7-6-14-13(9-18(20)21)17(3)15-19/h4-5,9,14H,6-8,10H2,1-3H3/b13-9-. The fourth-order valence-corrected chi connectivity index (χ4v) is 2.46. The Labute approximate surface area is 138 Å².